The van der Waals surface area contributed by atoms with Crippen LogP contribution in [0.4, 0.5) is 0 Å². The molecule has 0 bridgehead atoms. The Morgan fingerprint density at radius 1 is 1.16 bits per heavy atom. The number of nitrogens with one attached hydrogen (secondary N) is 1. The summed E-state index contributed by atoms with van der Waals surface area (Å²) in [5.41, 5.74) is 2.52. The maximum absolute atomic E-state index is 12.3. The van der Waals surface area contributed by atoms with E-state index in [1.807, 2.05) is 12.1 Å². The van der Waals surface area contributed by atoms with Crippen molar-refractivity contribution in [3.63, 3.8) is 0 Å². The Balaban J connectivity index is 1.39. The first-order valence-corrected chi connectivity index (χ1v) is 9.89. The molecule has 3 rings (SSSR count). The van der Waals surface area contributed by atoms with Gasteiger partial charge in [0.25, 0.3) is 0 Å². The van der Waals surface area contributed by atoms with Crippen LogP contribution in [0.2, 0.25) is 0 Å². The molecule has 1 saturated heterocycles. The highest BCUT2D eigenvalue weighted by Crippen LogP contribution is 2.25. The van der Waals surface area contributed by atoms with Crippen LogP contribution in [0.3, 0.4) is 0 Å². The van der Waals surface area contributed by atoms with Gasteiger partial charge in [-0.05, 0) is 50.2 Å². The minimum atomic E-state index is -0.158. The van der Waals surface area contributed by atoms with E-state index in [0.29, 0.717) is 18.5 Å². The van der Waals surface area contributed by atoms with Gasteiger partial charge in [-0.1, -0.05) is 37.1 Å². The molecule has 0 spiro atoms. The zero-order valence-electron chi connectivity index (χ0n) is 15.4. The first kappa shape index (κ1) is 18.4. The van der Waals surface area contributed by atoms with Crippen molar-refractivity contribution in [3.8, 4) is 0 Å². The van der Waals surface area contributed by atoms with E-state index in [1.54, 1.807) is 0 Å². The number of benzene rings is 1. The average molecular weight is 344 g/mol. The van der Waals surface area contributed by atoms with Crippen LogP contribution in [0.25, 0.3) is 0 Å². The van der Waals surface area contributed by atoms with Crippen LogP contribution in [0, 0.1) is 6.92 Å². The number of aryl methyl sites for hydroxylation is 2. The van der Waals surface area contributed by atoms with Gasteiger partial charge in [-0.3, -0.25) is 9.69 Å². The van der Waals surface area contributed by atoms with Crippen LogP contribution in [0.5, 0.6) is 0 Å². The van der Waals surface area contributed by atoms with E-state index in [1.165, 1.54) is 17.5 Å². The second-order valence-corrected chi connectivity index (χ2v) is 7.72. The number of carbonyl (C=O) groups excluding carboxylic acids is 1. The number of aliphatic hydroxyl groups is 1. The number of hydrogen-bond donors (Lipinski definition) is 2. The molecule has 1 aromatic rings. The van der Waals surface area contributed by atoms with Crippen molar-refractivity contribution in [2.75, 3.05) is 13.1 Å². The molecule has 1 amide bonds. The van der Waals surface area contributed by atoms with Crippen molar-refractivity contribution >= 4 is 5.91 Å². The lowest BCUT2D eigenvalue weighted by Gasteiger charge is -2.41. The van der Waals surface area contributed by atoms with Gasteiger partial charge in [0.05, 0.1) is 6.10 Å². The lowest BCUT2D eigenvalue weighted by atomic mass is 9.89. The molecule has 2 atom stereocenters. The van der Waals surface area contributed by atoms with Gasteiger partial charge in [-0.25, -0.2) is 0 Å². The number of amides is 1. The van der Waals surface area contributed by atoms with E-state index < -0.39 is 0 Å². The number of carbonyl (C=O) groups is 1. The molecule has 1 aromatic carbocycles. The molecule has 2 fully saturated rings. The highest BCUT2D eigenvalue weighted by molar-refractivity contribution is 5.76. The predicted molar refractivity (Wildman–Crippen MR) is 101 cm³/mol. The Kier molecular flexibility index (Phi) is 6.49. The standard InChI is InChI=1S/C21H32N2O2/c1-16-6-2-3-7-17(16)10-11-21(25)22-18-12-14-23(15-13-18)19-8-4-5-9-20(19)24/h2-3,6-7,18-20,24H,4-5,8-15H2,1H3,(H,22,25). The largest absolute Gasteiger partial charge is 0.391 e. The molecule has 25 heavy (non-hydrogen) atoms. The molecule has 1 saturated carbocycles. The van der Waals surface area contributed by atoms with Crippen molar-refractivity contribution in [1.29, 1.82) is 0 Å². The van der Waals surface area contributed by atoms with E-state index >= 15 is 0 Å². The summed E-state index contributed by atoms with van der Waals surface area (Å²) in [6, 6.07) is 8.91. The topological polar surface area (TPSA) is 52.6 Å². The van der Waals surface area contributed by atoms with E-state index in [-0.39, 0.29) is 12.0 Å². The number of hydrogen-bond acceptors (Lipinski definition) is 3. The van der Waals surface area contributed by atoms with Gasteiger partial charge in [0.15, 0.2) is 0 Å². The van der Waals surface area contributed by atoms with Gasteiger partial charge in [0.1, 0.15) is 0 Å². The Labute approximate surface area is 151 Å². The summed E-state index contributed by atoms with van der Waals surface area (Å²) in [4.78, 5) is 14.7. The zero-order valence-corrected chi connectivity index (χ0v) is 15.4. The summed E-state index contributed by atoms with van der Waals surface area (Å²) in [5.74, 6) is 0.166. The van der Waals surface area contributed by atoms with E-state index in [0.717, 1.165) is 51.6 Å². The summed E-state index contributed by atoms with van der Waals surface area (Å²) in [7, 11) is 0. The smallest absolute Gasteiger partial charge is 0.220 e. The minimum Gasteiger partial charge on any atom is -0.391 e. The molecular formula is C21H32N2O2. The third kappa shape index (κ3) is 5.05. The maximum Gasteiger partial charge on any atom is 0.220 e. The van der Waals surface area contributed by atoms with Crippen molar-refractivity contribution in [2.45, 2.75) is 76.5 Å². The molecule has 4 nitrogen and oxygen atoms in total. The number of likely N-dealkylation sites (tertiary alicyclic amines) is 1. The summed E-state index contributed by atoms with van der Waals surface area (Å²) in [5, 5.41) is 13.4. The van der Waals surface area contributed by atoms with Gasteiger partial charge in [0.2, 0.25) is 5.91 Å². The predicted octanol–water partition coefficient (Wildman–Crippen LogP) is 2.81. The van der Waals surface area contributed by atoms with Gasteiger partial charge in [0, 0.05) is 31.6 Å². The van der Waals surface area contributed by atoms with E-state index in [9.17, 15) is 9.90 Å². The average Bonchev–Trinajstić information content (AvgIpc) is 2.62. The number of piperidine rings is 1. The highest BCUT2D eigenvalue weighted by Gasteiger charge is 2.31. The molecule has 138 valence electrons. The first-order valence-electron chi connectivity index (χ1n) is 9.89. The molecule has 1 aliphatic heterocycles. The molecule has 0 aromatic heterocycles. The van der Waals surface area contributed by atoms with Crippen molar-refractivity contribution in [2.24, 2.45) is 0 Å². The third-order valence-corrected chi connectivity index (χ3v) is 5.94. The molecular weight excluding hydrogens is 312 g/mol. The van der Waals surface area contributed by atoms with Gasteiger partial charge < -0.3 is 10.4 Å². The molecule has 2 unspecified atom stereocenters. The number of rotatable bonds is 5. The number of nitrogens with zero attached hydrogens (tertiary/aromatic N) is 1. The van der Waals surface area contributed by atoms with Crippen LogP contribution in [0.1, 0.15) is 56.1 Å². The summed E-state index contributed by atoms with van der Waals surface area (Å²) in [6.07, 6.45) is 7.67. The Morgan fingerprint density at radius 2 is 1.88 bits per heavy atom. The van der Waals surface area contributed by atoms with Crippen LogP contribution in [0.15, 0.2) is 24.3 Å². The van der Waals surface area contributed by atoms with E-state index in [2.05, 4.69) is 29.3 Å². The van der Waals surface area contributed by atoms with Gasteiger partial charge >= 0.3 is 0 Å². The number of aliphatic hydroxyl groups excluding tert-OH is 1. The quantitative estimate of drug-likeness (QED) is 0.864. The van der Waals surface area contributed by atoms with Crippen LogP contribution < -0.4 is 5.32 Å². The summed E-state index contributed by atoms with van der Waals surface area (Å²) < 4.78 is 0. The highest BCUT2D eigenvalue weighted by atomic mass is 16.3. The fraction of sp³-hybridized carbons (Fsp3) is 0.667. The monoisotopic (exact) mass is 344 g/mol. The molecule has 4 heteroatoms. The third-order valence-electron chi connectivity index (χ3n) is 5.94. The first-order chi connectivity index (χ1) is 12.1. The zero-order chi connectivity index (χ0) is 17.6. The normalized spacial score (nSPS) is 25.7. The van der Waals surface area contributed by atoms with Crippen molar-refractivity contribution in [3.05, 3.63) is 35.4 Å². The molecule has 2 aliphatic rings. The van der Waals surface area contributed by atoms with Crippen LogP contribution in [-0.4, -0.2) is 47.2 Å². The molecule has 1 aliphatic carbocycles. The summed E-state index contributed by atoms with van der Waals surface area (Å²) in [6.45, 7) is 4.08. The van der Waals surface area contributed by atoms with Crippen LogP contribution >= 0.6 is 0 Å². The fourth-order valence-electron chi connectivity index (χ4n) is 4.33. The van der Waals surface area contributed by atoms with Crippen molar-refractivity contribution in [1.82, 2.24) is 10.2 Å². The van der Waals surface area contributed by atoms with Crippen molar-refractivity contribution < 1.29 is 9.90 Å². The molecule has 0 radical (unpaired) electrons. The van der Waals surface area contributed by atoms with E-state index in [4.69, 9.17) is 0 Å². The minimum absolute atomic E-state index is 0.158. The second kappa shape index (κ2) is 8.81. The summed E-state index contributed by atoms with van der Waals surface area (Å²) >= 11 is 0. The second-order valence-electron chi connectivity index (χ2n) is 7.72. The Morgan fingerprint density at radius 3 is 2.60 bits per heavy atom. The maximum atomic E-state index is 12.3. The van der Waals surface area contributed by atoms with Gasteiger partial charge in [-0.15, -0.1) is 0 Å². The lowest BCUT2D eigenvalue weighted by molar-refractivity contribution is -0.122. The SMILES string of the molecule is Cc1ccccc1CCC(=O)NC1CCN(C2CCCCC2O)CC1. The Bertz CT molecular complexity index is 567. The fourth-order valence-corrected chi connectivity index (χ4v) is 4.33. The Hall–Kier alpha value is -1.39. The van der Waals surface area contributed by atoms with Crippen LogP contribution in [-0.2, 0) is 11.2 Å². The molecule has 2 N–H and O–H groups in total. The lowest BCUT2D eigenvalue weighted by Crippen LogP contribution is -2.52. The van der Waals surface area contributed by atoms with Gasteiger partial charge in [-0.2, -0.15) is 0 Å². The molecule has 1 heterocycles.